The summed E-state index contributed by atoms with van der Waals surface area (Å²) in [5.74, 6) is 1.80. The summed E-state index contributed by atoms with van der Waals surface area (Å²) in [6.45, 7) is 14.2. The van der Waals surface area contributed by atoms with Crippen LogP contribution in [0.2, 0.25) is 0 Å². The van der Waals surface area contributed by atoms with E-state index in [0.717, 1.165) is 38.5 Å². The Morgan fingerprint density at radius 1 is 1.33 bits per heavy atom. The van der Waals surface area contributed by atoms with Gasteiger partial charge in [-0.3, -0.25) is 4.90 Å². The first-order chi connectivity index (χ1) is 9.88. The molecule has 0 aliphatic carbocycles. The van der Waals surface area contributed by atoms with Gasteiger partial charge in [-0.1, -0.05) is 13.8 Å². The number of piperazine rings is 1. The van der Waals surface area contributed by atoms with Crippen molar-refractivity contribution in [2.24, 2.45) is 5.92 Å². The predicted octanol–water partition coefficient (Wildman–Crippen LogP) is 2.36. The first-order valence-corrected chi connectivity index (χ1v) is 8.00. The Bertz CT molecular complexity index is 456. The zero-order valence-electron chi connectivity index (χ0n) is 14.2. The Morgan fingerprint density at radius 2 is 2.10 bits per heavy atom. The van der Waals surface area contributed by atoms with Gasteiger partial charge in [0.1, 0.15) is 5.82 Å². The summed E-state index contributed by atoms with van der Waals surface area (Å²) in [5.41, 5.74) is 1.52. The molecule has 2 rings (SSSR count). The molecule has 0 bridgehead atoms. The van der Waals surface area contributed by atoms with E-state index < -0.39 is 0 Å². The Balaban J connectivity index is 2.00. The summed E-state index contributed by atoms with van der Waals surface area (Å²) in [6, 6.07) is 4.34. The van der Waals surface area contributed by atoms with E-state index in [-0.39, 0.29) is 5.54 Å². The van der Waals surface area contributed by atoms with Gasteiger partial charge in [-0.25, -0.2) is 4.98 Å². The highest BCUT2D eigenvalue weighted by Crippen LogP contribution is 2.23. The molecule has 0 amide bonds. The van der Waals surface area contributed by atoms with Crippen LogP contribution in [0.5, 0.6) is 0 Å². The summed E-state index contributed by atoms with van der Waals surface area (Å²) in [6.07, 6.45) is 1.94. The van der Waals surface area contributed by atoms with Crippen LogP contribution >= 0.6 is 0 Å². The average Bonchev–Trinajstić information content (AvgIpc) is 2.42. The molecule has 0 aromatic carbocycles. The maximum absolute atomic E-state index is 4.58. The van der Waals surface area contributed by atoms with E-state index in [4.69, 9.17) is 0 Å². The van der Waals surface area contributed by atoms with Gasteiger partial charge < -0.3 is 10.2 Å². The van der Waals surface area contributed by atoms with Crippen LogP contribution in [-0.4, -0.2) is 48.6 Å². The molecule has 1 aliphatic rings. The summed E-state index contributed by atoms with van der Waals surface area (Å²) >= 11 is 0. The van der Waals surface area contributed by atoms with Crippen molar-refractivity contribution in [3.63, 3.8) is 0 Å². The van der Waals surface area contributed by atoms with E-state index in [1.54, 1.807) is 0 Å². The number of hydrogen-bond donors (Lipinski definition) is 1. The van der Waals surface area contributed by atoms with Crippen molar-refractivity contribution in [3.05, 3.63) is 23.9 Å². The van der Waals surface area contributed by atoms with Crippen molar-refractivity contribution in [2.45, 2.75) is 39.8 Å². The van der Waals surface area contributed by atoms with Gasteiger partial charge in [0.25, 0.3) is 0 Å². The van der Waals surface area contributed by atoms with Gasteiger partial charge in [-0.15, -0.1) is 0 Å². The molecule has 0 spiro atoms. The Labute approximate surface area is 129 Å². The monoisotopic (exact) mass is 290 g/mol. The minimum atomic E-state index is 0.200. The van der Waals surface area contributed by atoms with E-state index in [2.05, 4.69) is 67.0 Å². The number of anilines is 1. The molecule has 1 aromatic heterocycles. The molecule has 1 aromatic rings. The Morgan fingerprint density at radius 3 is 2.76 bits per heavy atom. The van der Waals surface area contributed by atoms with Crippen molar-refractivity contribution in [1.82, 2.24) is 15.2 Å². The van der Waals surface area contributed by atoms with Crippen LogP contribution in [0.25, 0.3) is 0 Å². The second kappa shape index (κ2) is 6.75. The zero-order chi connectivity index (χ0) is 15.5. The lowest BCUT2D eigenvalue weighted by atomic mass is 10.00. The Kier molecular flexibility index (Phi) is 5.22. The molecule has 0 atom stereocenters. The minimum Gasteiger partial charge on any atom is -0.353 e. The molecule has 1 aliphatic heterocycles. The molecular weight excluding hydrogens is 260 g/mol. The predicted molar refractivity (Wildman–Crippen MR) is 89.7 cm³/mol. The minimum absolute atomic E-state index is 0.200. The van der Waals surface area contributed by atoms with Crippen molar-refractivity contribution in [2.75, 3.05) is 38.1 Å². The van der Waals surface area contributed by atoms with E-state index in [0.29, 0.717) is 5.92 Å². The number of likely N-dealkylation sites (N-methyl/N-ethyl adjacent to an activating group) is 1. The molecule has 1 N–H and O–H groups in total. The molecule has 118 valence electrons. The quantitative estimate of drug-likeness (QED) is 0.902. The van der Waals surface area contributed by atoms with Gasteiger partial charge in [0.05, 0.1) is 0 Å². The highest BCUT2D eigenvalue weighted by atomic mass is 15.3. The molecular formula is C17H30N4. The first kappa shape index (κ1) is 16.2. The largest absolute Gasteiger partial charge is 0.353 e. The van der Waals surface area contributed by atoms with Crippen LogP contribution in [0.4, 0.5) is 5.82 Å². The van der Waals surface area contributed by atoms with E-state index >= 15 is 0 Å². The maximum atomic E-state index is 4.58. The number of nitrogens with one attached hydrogen (secondary N) is 1. The third kappa shape index (κ3) is 4.42. The molecule has 1 saturated heterocycles. The smallest absolute Gasteiger partial charge is 0.128 e. The van der Waals surface area contributed by atoms with Gasteiger partial charge in [0, 0.05) is 37.9 Å². The lowest BCUT2D eigenvalue weighted by molar-refractivity contribution is 0.138. The van der Waals surface area contributed by atoms with Crippen LogP contribution in [0.15, 0.2) is 18.3 Å². The van der Waals surface area contributed by atoms with Gasteiger partial charge in [-0.2, -0.15) is 0 Å². The molecule has 0 unspecified atom stereocenters. The fraction of sp³-hybridized carbons (Fsp3) is 0.706. The van der Waals surface area contributed by atoms with Crippen LogP contribution in [0.1, 0.15) is 33.3 Å². The SMILES string of the molecule is CC(C)CNCc1ccnc(N2CCN(C)C(C)(C)C2)c1. The van der Waals surface area contributed by atoms with Crippen molar-refractivity contribution in [1.29, 1.82) is 0 Å². The standard InChI is InChI=1S/C17H30N4/c1-14(2)11-18-12-15-6-7-19-16(10-15)21-9-8-20(5)17(3,4)13-21/h6-7,10,14,18H,8-9,11-13H2,1-5H3. The van der Waals surface area contributed by atoms with Gasteiger partial charge in [0.2, 0.25) is 0 Å². The van der Waals surface area contributed by atoms with Crippen LogP contribution < -0.4 is 10.2 Å². The average molecular weight is 290 g/mol. The van der Waals surface area contributed by atoms with E-state index in [1.807, 2.05) is 6.20 Å². The summed E-state index contributed by atoms with van der Waals surface area (Å²) in [5, 5.41) is 3.50. The van der Waals surface area contributed by atoms with Gasteiger partial charge in [0.15, 0.2) is 0 Å². The highest BCUT2D eigenvalue weighted by molar-refractivity contribution is 5.42. The normalized spacial score (nSPS) is 19.2. The fourth-order valence-electron chi connectivity index (χ4n) is 2.68. The number of nitrogens with zero attached hydrogens (tertiary/aromatic N) is 3. The van der Waals surface area contributed by atoms with Gasteiger partial charge in [-0.05, 0) is 51.1 Å². The summed E-state index contributed by atoms with van der Waals surface area (Å²) in [4.78, 5) is 9.41. The molecule has 2 heterocycles. The number of aromatic nitrogens is 1. The topological polar surface area (TPSA) is 31.4 Å². The molecule has 4 nitrogen and oxygen atoms in total. The first-order valence-electron chi connectivity index (χ1n) is 8.00. The number of rotatable bonds is 5. The highest BCUT2D eigenvalue weighted by Gasteiger charge is 2.31. The fourth-order valence-corrected chi connectivity index (χ4v) is 2.68. The van der Waals surface area contributed by atoms with E-state index in [9.17, 15) is 0 Å². The zero-order valence-corrected chi connectivity index (χ0v) is 14.2. The van der Waals surface area contributed by atoms with Crippen LogP contribution in [0.3, 0.4) is 0 Å². The van der Waals surface area contributed by atoms with Crippen LogP contribution in [0, 0.1) is 5.92 Å². The van der Waals surface area contributed by atoms with E-state index in [1.165, 1.54) is 5.56 Å². The molecule has 0 saturated carbocycles. The third-order valence-electron chi connectivity index (χ3n) is 4.33. The maximum Gasteiger partial charge on any atom is 0.128 e. The lowest BCUT2D eigenvalue weighted by Crippen LogP contribution is -2.57. The Hall–Kier alpha value is -1.13. The molecule has 1 fully saturated rings. The number of hydrogen-bond acceptors (Lipinski definition) is 4. The van der Waals surface area contributed by atoms with Crippen LogP contribution in [-0.2, 0) is 6.54 Å². The molecule has 0 radical (unpaired) electrons. The second-order valence-electron chi connectivity index (χ2n) is 7.20. The van der Waals surface area contributed by atoms with Crippen molar-refractivity contribution >= 4 is 5.82 Å². The number of pyridine rings is 1. The summed E-state index contributed by atoms with van der Waals surface area (Å²) in [7, 11) is 2.21. The van der Waals surface area contributed by atoms with Crippen molar-refractivity contribution < 1.29 is 0 Å². The summed E-state index contributed by atoms with van der Waals surface area (Å²) < 4.78 is 0. The molecule has 21 heavy (non-hydrogen) atoms. The van der Waals surface area contributed by atoms with Gasteiger partial charge >= 0.3 is 0 Å². The second-order valence-corrected chi connectivity index (χ2v) is 7.20. The molecule has 4 heteroatoms. The lowest BCUT2D eigenvalue weighted by Gasteiger charge is -2.45. The third-order valence-corrected chi connectivity index (χ3v) is 4.33. The van der Waals surface area contributed by atoms with Crippen molar-refractivity contribution in [3.8, 4) is 0 Å².